The first kappa shape index (κ1) is 15.9. The van der Waals surface area contributed by atoms with Crippen molar-refractivity contribution in [2.75, 3.05) is 5.32 Å². The zero-order chi connectivity index (χ0) is 15.4. The first-order valence-electron chi connectivity index (χ1n) is 6.56. The third-order valence-corrected chi connectivity index (χ3v) is 3.82. The molecule has 110 valence electrons. The van der Waals surface area contributed by atoms with Crippen molar-refractivity contribution in [2.45, 2.75) is 19.4 Å². The molecule has 5 heteroatoms. The average Bonchev–Trinajstić information content (AvgIpc) is 2.43. The molecule has 0 radical (unpaired) electrons. The highest BCUT2D eigenvalue weighted by Gasteiger charge is 2.10. The molecule has 0 heterocycles. The highest BCUT2D eigenvalue weighted by Crippen LogP contribution is 2.22. The highest BCUT2D eigenvalue weighted by molar-refractivity contribution is 9.10. The topological polar surface area (TPSA) is 38.0 Å². The maximum Gasteiger partial charge on any atom is 0.123 e. The smallest absolute Gasteiger partial charge is 0.123 e. The predicted octanol–water partition coefficient (Wildman–Crippen LogP) is 4.27. The van der Waals surface area contributed by atoms with Crippen LogP contribution in [-0.4, -0.2) is 11.0 Å². The Hall–Kier alpha value is -1.46. The summed E-state index contributed by atoms with van der Waals surface area (Å²) in [4.78, 5) is 0.354. The van der Waals surface area contributed by atoms with Crippen LogP contribution in [0.15, 0.2) is 46.9 Å². The third-order valence-electron chi connectivity index (χ3n) is 3.10. The lowest BCUT2D eigenvalue weighted by molar-refractivity contribution is 0.626. The Morgan fingerprint density at radius 3 is 2.57 bits per heavy atom. The van der Waals surface area contributed by atoms with Gasteiger partial charge in [-0.2, -0.15) is 0 Å². The molecular weight excluding hydrogens is 351 g/mol. The van der Waals surface area contributed by atoms with E-state index in [-0.39, 0.29) is 11.9 Å². The number of rotatable bonds is 5. The standard InChI is InChI=1S/C16H16BrFN2S/c1-10(8-11-2-5-13(18)6-3-11)20-15-7-4-12(17)9-14(15)16(19)21/h2-7,9-10,20H,8H2,1H3,(H2,19,21). The second kappa shape index (κ2) is 7.00. The number of nitrogens with two attached hydrogens (primary N) is 1. The van der Waals surface area contributed by atoms with E-state index < -0.39 is 0 Å². The average molecular weight is 367 g/mol. The van der Waals surface area contributed by atoms with E-state index in [4.69, 9.17) is 18.0 Å². The van der Waals surface area contributed by atoms with E-state index in [1.165, 1.54) is 12.1 Å². The molecule has 0 aliphatic carbocycles. The molecule has 0 aliphatic rings. The van der Waals surface area contributed by atoms with Crippen LogP contribution in [-0.2, 0) is 6.42 Å². The summed E-state index contributed by atoms with van der Waals surface area (Å²) >= 11 is 8.49. The van der Waals surface area contributed by atoms with E-state index >= 15 is 0 Å². The third kappa shape index (κ3) is 4.51. The van der Waals surface area contributed by atoms with Crippen molar-refractivity contribution in [1.82, 2.24) is 0 Å². The van der Waals surface area contributed by atoms with Crippen molar-refractivity contribution in [1.29, 1.82) is 0 Å². The number of anilines is 1. The van der Waals surface area contributed by atoms with E-state index in [2.05, 4.69) is 28.2 Å². The number of nitrogens with one attached hydrogen (secondary N) is 1. The molecule has 2 rings (SSSR count). The Kier molecular flexibility index (Phi) is 5.31. The zero-order valence-corrected chi connectivity index (χ0v) is 14.0. The molecule has 1 unspecified atom stereocenters. The van der Waals surface area contributed by atoms with Crippen molar-refractivity contribution in [3.63, 3.8) is 0 Å². The van der Waals surface area contributed by atoms with Crippen LogP contribution in [0.5, 0.6) is 0 Å². The van der Waals surface area contributed by atoms with Crippen molar-refractivity contribution >= 4 is 38.8 Å². The minimum atomic E-state index is -0.219. The highest BCUT2D eigenvalue weighted by atomic mass is 79.9. The normalized spacial score (nSPS) is 12.0. The first-order valence-corrected chi connectivity index (χ1v) is 7.76. The molecule has 0 fully saturated rings. The van der Waals surface area contributed by atoms with Gasteiger partial charge >= 0.3 is 0 Å². The molecule has 3 N–H and O–H groups in total. The van der Waals surface area contributed by atoms with Crippen LogP contribution >= 0.6 is 28.1 Å². The van der Waals surface area contributed by atoms with Crippen LogP contribution in [0, 0.1) is 5.82 Å². The van der Waals surface area contributed by atoms with Crippen LogP contribution in [0.3, 0.4) is 0 Å². The van der Waals surface area contributed by atoms with Crippen LogP contribution in [0.1, 0.15) is 18.1 Å². The summed E-state index contributed by atoms with van der Waals surface area (Å²) < 4.78 is 13.8. The van der Waals surface area contributed by atoms with Crippen molar-refractivity contribution in [3.05, 3.63) is 63.9 Å². The minimum absolute atomic E-state index is 0.171. The summed E-state index contributed by atoms with van der Waals surface area (Å²) in [5.74, 6) is -0.219. The Morgan fingerprint density at radius 1 is 1.29 bits per heavy atom. The van der Waals surface area contributed by atoms with E-state index in [1.807, 2.05) is 18.2 Å². The summed E-state index contributed by atoms with van der Waals surface area (Å²) in [7, 11) is 0. The molecule has 2 aromatic rings. The molecule has 0 saturated heterocycles. The lowest BCUT2D eigenvalue weighted by Gasteiger charge is -2.18. The summed E-state index contributed by atoms with van der Waals surface area (Å²) in [6, 6.07) is 12.5. The minimum Gasteiger partial charge on any atom is -0.389 e. The van der Waals surface area contributed by atoms with E-state index in [9.17, 15) is 4.39 Å². The summed E-state index contributed by atoms with van der Waals surface area (Å²) in [6.07, 6.45) is 0.785. The van der Waals surface area contributed by atoms with Gasteiger partial charge in [0, 0.05) is 21.8 Å². The SMILES string of the molecule is CC(Cc1ccc(F)cc1)Nc1ccc(Br)cc1C(N)=S. The second-order valence-electron chi connectivity index (χ2n) is 4.93. The summed E-state index contributed by atoms with van der Waals surface area (Å²) in [5, 5.41) is 3.40. The fraction of sp³-hybridized carbons (Fsp3) is 0.188. The van der Waals surface area contributed by atoms with Gasteiger partial charge in [-0.15, -0.1) is 0 Å². The zero-order valence-electron chi connectivity index (χ0n) is 11.6. The van der Waals surface area contributed by atoms with E-state index in [0.29, 0.717) is 4.99 Å². The Balaban J connectivity index is 2.10. The van der Waals surface area contributed by atoms with Crippen LogP contribution < -0.4 is 11.1 Å². The first-order chi connectivity index (χ1) is 9.95. The fourth-order valence-electron chi connectivity index (χ4n) is 2.14. The molecular formula is C16H16BrFN2S. The van der Waals surface area contributed by atoms with Gasteiger partial charge in [-0.3, -0.25) is 0 Å². The number of halogens is 2. The van der Waals surface area contributed by atoms with Gasteiger partial charge in [0.2, 0.25) is 0 Å². The number of thiocarbonyl (C=S) groups is 1. The molecule has 1 atom stereocenters. The molecule has 0 saturated carbocycles. The fourth-order valence-corrected chi connectivity index (χ4v) is 2.67. The maximum absolute atomic E-state index is 12.9. The lowest BCUT2D eigenvalue weighted by atomic mass is 10.1. The number of hydrogen-bond acceptors (Lipinski definition) is 2. The van der Waals surface area contributed by atoms with E-state index in [1.54, 1.807) is 12.1 Å². The molecule has 2 aromatic carbocycles. The largest absolute Gasteiger partial charge is 0.389 e. The predicted molar refractivity (Wildman–Crippen MR) is 93.2 cm³/mol. The molecule has 0 aliphatic heterocycles. The quantitative estimate of drug-likeness (QED) is 0.776. The monoisotopic (exact) mass is 366 g/mol. The molecule has 0 bridgehead atoms. The van der Waals surface area contributed by atoms with Crippen molar-refractivity contribution < 1.29 is 4.39 Å². The van der Waals surface area contributed by atoms with Gasteiger partial charge < -0.3 is 11.1 Å². The van der Waals surface area contributed by atoms with Gasteiger partial charge in [0.15, 0.2) is 0 Å². The lowest BCUT2D eigenvalue weighted by Crippen LogP contribution is -2.21. The van der Waals surface area contributed by atoms with Crippen molar-refractivity contribution in [3.8, 4) is 0 Å². The molecule has 0 aromatic heterocycles. The molecule has 2 nitrogen and oxygen atoms in total. The van der Waals surface area contributed by atoms with E-state index in [0.717, 1.165) is 27.7 Å². The molecule has 0 amide bonds. The van der Waals surface area contributed by atoms with Crippen LogP contribution in [0.25, 0.3) is 0 Å². The van der Waals surface area contributed by atoms with Gasteiger partial charge in [-0.25, -0.2) is 4.39 Å². The van der Waals surface area contributed by atoms with Gasteiger partial charge in [0.1, 0.15) is 10.8 Å². The number of benzene rings is 2. The summed E-state index contributed by atoms with van der Waals surface area (Å²) in [5.41, 5.74) is 8.55. The molecule has 0 spiro atoms. The Bertz CT molecular complexity index is 643. The maximum atomic E-state index is 12.9. The van der Waals surface area contributed by atoms with Crippen molar-refractivity contribution in [2.24, 2.45) is 5.73 Å². The number of hydrogen-bond donors (Lipinski definition) is 2. The van der Waals surface area contributed by atoms with Gasteiger partial charge in [0.25, 0.3) is 0 Å². The van der Waals surface area contributed by atoms with Crippen LogP contribution in [0.4, 0.5) is 10.1 Å². The molecule has 21 heavy (non-hydrogen) atoms. The Labute approximate surface area is 137 Å². The van der Waals surface area contributed by atoms with Gasteiger partial charge in [0.05, 0.1) is 0 Å². The van der Waals surface area contributed by atoms with Gasteiger partial charge in [-0.05, 0) is 49.2 Å². The summed E-state index contributed by atoms with van der Waals surface area (Å²) in [6.45, 7) is 2.06. The Morgan fingerprint density at radius 2 is 1.95 bits per heavy atom. The van der Waals surface area contributed by atoms with Gasteiger partial charge in [-0.1, -0.05) is 40.3 Å². The van der Waals surface area contributed by atoms with Crippen LogP contribution in [0.2, 0.25) is 0 Å². The second-order valence-corrected chi connectivity index (χ2v) is 6.29.